The van der Waals surface area contributed by atoms with Gasteiger partial charge in [-0.1, -0.05) is 12.8 Å². The van der Waals surface area contributed by atoms with E-state index in [1.807, 2.05) is 6.07 Å². The monoisotopic (exact) mass is 249 g/mol. The van der Waals surface area contributed by atoms with Crippen LogP contribution in [-0.4, -0.2) is 29.9 Å². The maximum absolute atomic E-state index is 10.0. The molecule has 1 heterocycles. The molecule has 1 fully saturated rings. The lowest BCUT2D eigenvalue weighted by Crippen LogP contribution is -2.28. The number of aromatic hydroxyl groups is 1. The molecule has 4 heteroatoms. The van der Waals surface area contributed by atoms with Crippen molar-refractivity contribution in [3.8, 4) is 17.2 Å². The van der Waals surface area contributed by atoms with Crippen molar-refractivity contribution in [3.63, 3.8) is 0 Å². The van der Waals surface area contributed by atoms with Crippen LogP contribution in [0.2, 0.25) is 0 Å². The van der Waals surface area contributed by atoms with E-state index in [0.29, 0.717) is 17.5 Å². The Hall–Kier alpha value is -1.42. The summed E-state index contributed by atoms with van der Waals surface area (Å²) in [6.45, 7) is 1.00. The number of benzene rings is 1. The first-order chi connectivity index (χ1) is 8.74. The van der Waals surface area contributed by atoms with Crippen molar-refractivity contribution in [1.29, 1.82) is 0 Å². The Balaban J connectivity index is 1.75. The van der Waals surface area contributed by atoms with Gasteiger partial charge in [0.2, 0.25) is 6.79 Å². The Labute approximate surface area is 107 Å². The fourth-order valence-corrected chi connectivity index (χ4v) is 2.84. The molecule has 1 N–H and O–H groups in total. The topological polar surface area (TPSA) is 41.9 Å². The first-order valence-electron chi connectivity index (χ1n) is 6.56. The molecule has 0 spiro atoms. The standard InChI is InChI=1S/C14H19NO3/c1-15(11-4-2-3-5-11)8-10-6-13-14(7-12(10)16)18-9-17-13/h6-7,11,16H,2-5,8-9H2,1H3. The maximum atomic E-state index is 10.0. The van der Waals surface area contributed by atoms with E-state index in [4.69, 9.17) is 9.47 Å². The summed E-state index contributed by atoms with van der Waals surface area (Å²) in [6, 6.07) is 4.19. The molecule has 1 aromatic carbocycles. The molecule has 0 unspecified atom stereocenters. The summed E-state index contributed by atoms with van der Waals surface area (Å²) in [6.07, 6.45) is 5.17. The van der Waals surface area contributed by atoms with E-state index >= 15 is 0 Å². The molecule has 0 radical (unpaired) electrons. The molecule has 2 aliphatic rings. The van der Waals surface area contributed by atoms with Gasteiger partial charge in [-0.2, -0.15) is 0 Å². The molecule has 3 rings (SSSR count). The van der Waals surface area contributed by atoms with Crippen molar-refractivity contribution in [2.24, 2.45) is 0 Å². The van der Waals surface area contributed by atoms with E-state index in [-0.39, 0.29) is 6.79 Å². The van der Waals surface area contributed by atoms with Crippen LogP contribution < -0.4 is 9.47 Å². The van der Waals surface area contributed by atoms with E-state index in [0.717, 1.165) is 17.9 Å². The highest BCUT2D eigenvalue weighted by molar-refractivity contribution is 5.51. The van der Waals surface area contributed by atoms with Crippen LogP contribution in [0.4, 0.5) is 0 Å². The van der Waals surface area contributed by atoms with E-state index in [9.17, 15) is 5.11 Å². The fraction of sp³-hybridized carbons (Fsp3) is 0.571. The SMILES string of the molecule is CN(Cc1cc2c(cc1O)OCO2)C1CCCC1. The highest BCUT2D eigenvalue weighted by Crippen LogP contribution is 2.38. The average molecular weight is 249 g/mol. The predicted molar refractivity (Wildman–Crippen MR) is 68.0 cm³/mol. The largest absolute Gasteiger partial charge is 0.507 e. The molecular weight excluding hydrogens is 230 g/mol. The summed E-state index contributed by atoms with van der Waals surface area (Å²) in [5.74, 6) is 1.67. The van der Waals surface area contributed by atoms with Gasteiger partial charge in [0, 0.05) is 24.2 Å². The van der Waals surface area contributed by atoms with Crippen LogP contribution in [0.3, 0.4) is 0 Å². The smallest absolute Gasteiger partial charge is 0.231 e. The second-order valence-electron chi connectivity index (χ2n) is 5.19. The molecule has 1 aliphatic heterocycles. The fourth-order valence-electron chi connectivity index (χ4n) is 2.84. The van der Waals surface area contributed by atoms with Gasteiger partial charge in [-0.3, -0.25) is 4.90 Å². The summed E-state index contributed by atoms with van der Waals surface area (Å²) < 4.78 is 10.6. The highest BCUT2D eigenvalue weighted by atomic mass is 16.7. The summed E-state index contributed by atoms with van der Waals surface area (Å²) in [7, 11) is 2.13. The van der Waals surface area contributed by atoms with E-state index in [1.54, 1.807) is 6.07 Å². The molecule has 98 valence electrons. The van der Waals surface area contributed by atoms with Gasteiger partial charge >= 0.3 is 0 Å². The molecule has 0 aromatic heterocycles. The van der Waals surface area contributed by atoms with Crippen LogP contribution >= 0.6 is 0 Å². The normalized spacial score (nSPS) is 18.8. The van der Waals surface area contributed by atoms with Crippen LogP contribution in [0.5, 0.6) is 17.2 Å². The molecule has 1 aromatic rings. The van der Waals surface area contributed by atoms with Crippen LogP contribution in [0, 0.1) is 0 Å². The summed E-state index contributed by atoms with van der Waals surface area (Å²) in [5, 5.41) is 10.0. The minimum atomic E-state index is 0.247. The van der Waals surface area contributed by atoms with Crippen LogP contribution in [0.15, 0.2) is 12.1 Å². The van der Waals surface area contributed by atoms with Gasteiger partial charge in [0.15, 0.2) is 11.5 Å². The van der Waals surface area contributed by atoms with Crippen molar-refractivity contribution in [1.82, 2.24) is 4.90 Å². The highest BCUT2D eigenvalue weighted by Gasteiger charge is 2.22. The zero-order valence-electron chi connectivity index (χ0n) is 10.7. The van der Waals surface area contributed by atoms with Gasteiger partial charge in [-0.05, 0) is 26.0 Å². The molecule has 0 saturated heterocycles. The summed E-state index contributed by atoms with van der Waals surface area (Å²) in [4.78, 5) is 2.32. The lowest BCUT2D eigenvalue weighted by atomic mass is 10.1. The Bertz CT molecular complexity index is 441. The number of hydrogen-bond donors (Lipinski definition) is 1. The van der Waals surface area contributed by atoms with Crippen LogP contribution in [0.1, 0.15) is 31.2 Å². The van der Waals surface area contributed by atoms with Crippen molar-refractivity contribution in [3.05, 3.63) is 17.7 Å². The van der Waals surface area contributed by atoms with Gasteiger partial charge in [0.05, 0.1) is 0 Å². The summed E-state index contributed by atoms with van der Waals surface area (Å²) >= 11 is 0. The van der Waals surface area contributed by atoms with Gasteiger partial charge in [0.25, 0.3) is 0 Å². The number of phenolic OH excluding ortho intramolecular Hbond substituents is 1. The lowest BCUT2D eigenvalue weighted by Gasteiger charge is -2.24. The minimum Gasteiger partial charge on any atom is -0.507 e. The zero-order valence-corrected chi connectivity index (χ0v) is 10.7. The van der Waals surface area contributed by atoms with Gasteiger partial charge in [-0.25, -0.2) is 0 Å². The van der Waals surface area contributed by atoms with Crippen LogP contribution in [-0.2, 0) is 6.54 Å². The van der Waals surface area contributed by atoms with Gasteiger partial charge in [0.1, 0.15) is 5.75 Å². The summed E-state index contributed by atoms with van der Waals surface area (Å²) in [5.41, 5.74) is 0.911. The molecule has 0 bridgehead atoms. The zero-order chi connectivity index (χ0) is 12.5. The average Bonchev–Trinajstić information content (AvgIpc) is 2.98. The second kappa shape index (κ2) is 4.69. The predicted octanol–water partition coefficient (Wildman–Crippen LogP) is 2.50. The van der Waals surface area contributed by atoms with Crippen LogP contribution in [0.25, 0.3) is 0 Å². The third-order valence-electron chi connectivity index (χ3n) is 3.94. The number of rotatable bonds is 3. The Morgan fingerprint density at radius 1 is 1.22 bits per heavy atom. The molecular formula is C14H19NO3. The maximum Gasteiger partial charge on any atom is 0.231 e. The van der Waals surface area contributed by atoms with Crippen molar-refractivity contribution in [2.75, 3.05) is 13.8 Å². The Morgan fingerprint density at radius 3 is 2.61 bits per heavy atom. The van der Waals surface area contributed by atoms with Gasteiger partial charge < -0.3 is 14.6 Å². The number of ether oxygens (including phenoxy) is 2. The molecule has 1 aliphatic carbocycles. The van der Waals surface area contributed by atoms with E-state index in [1.165, 1.54) is 25.7 Å². The Kier molecular flexibility index (Phi) is 3.04. The molecule has 4 nitrogen and oxygen atoms in total. The molecule has 18 heavy (non-hydrogen) atoms. The number of nitrogens with zero attached hydrogens (tertiary/aromatic N) is 1. The number of fused-ring (bicyclic) bond motifs is 1. The number of hydrogen-bond acceptors (Lipinski definition) is 4. The van der Waals surface area contributed by atoms with E-state index < -0.39 is 0 Å². The number of phenols is 1. The van der Waals surface area contributed by atoms with E-state index in [2.05, 4.69) is 11.9 Å². The quantitative estimate of drug-likeness (QED) is 0.893. The Morgan fingerprint density at radius 2 is 1.89 bits per heavy atom. The third kappa shape index (κ3) is 2.12. The molecule has 1 saturated carbocycles. The third-order valence-corrected chi connectivity index (χ3v) is 3.94. The van der Waals surface area contributed by atoms with Crippen molar-refractivity contribution >= 4 is 0 Å². The first-order valence-corrected chi connectivity index (χ1v) is 6.56. The molecule has 0 amide bonds. The molecule has 0 atom stereocenters. The second-order valence-corrected chi connectivity index (χ2v) is 5.19. The van der Waals surface area contributed by atoms with Gasteiger partial charge in [-0.15, -0.1) is 0 Å². The minimum absolute atomic E-state index is 0.247. The van der Waals surface area contributed by atoms with Crippen molar-refractivity contribution in [2.45, 2.75) is 38.3 Å². The lowest BCUT2D eigenvalue weighted by molar-refractivity contribution is 0.173. The van der Waals surface area contributed by atoms with Crippen molar-refractivity contribution < 1.29 is 14.6 Å². The first kappa shape index (κ1) is 11.7.